The molecule has 3 aromatic rings. The number of aliphatic hydroxyl groups is 1. The van der Waals surface area contributed by atoms with Gasteiger partial charge in [-0.1, -0.05) is 35.9 Å². The van der Waals surface area contributed by atoms with Crippen LogP contribution in [0.25, 0.3) is 0 Å². The van der Waals surface area contributed by atoms with E-state index in [-0.39, 0.29) is 17.5 Å². The third kappa shape index (κ3) is 3.82. The summed E-state index contributed by atoms with van der Waals surface area (Å²) in [6.45, 7) is 0.460. The summed E-state index contributed by atoms with van der Waals surface area (Å²) < 4.78 is 0. The summed E-state index contributed by atoms with van der Waals surface area (Å²) in [6, 6.07) is 16.1. The maximum absolute atomic E-state index is 13.0. The monoisotopic (exact) mass is 460 g/mol. The van der Waals surface area contributed by atoms with Gasteiger partial charge in [-0.05, 0) is 48.2 Å². The molecule has 33 heavy (non-hydrogen) atoms. The van der Waals surface area contributed by atoms with Crippen LogP contribution >= 0.6 is 11.6 Å². The lowest BCUT2D eigenvalue weighted by Crippen LogP contribution is -2.42. The van der Waals surface area contributed by atoms with Crippen LogP contribution in [0.4, 0.5) is 0 Å². The molecule has 7 nitrogen and oxygen atoms in total. The summed E-state index contributed by atoms with van der Waals surface area (Å²) in [7, 11) is 0. The van der Waals surface area contributed by atoms with E-state index in [0.717, 1.165) is 18.4 Å². The fourth-order valence-corrected chi connectivity index (χ4v) is 4.68. The Balaban J connectivity index is 1.39. The van der Waals surface area contributed by atoms with E-state index >= 15 is 0 Å². The van der Waals surface area contributed by atoms with Crippen molar-refractivity contribution >= 4 is 17.5 Å². The van der Waals surface area contributed by atoms with Crippen molar-refractivity contribution in [3.63, 3.8) is 0 Å². The van der Waals surface area contributed by atoms with E-state index in [0.29, 0.717) is 46.2 Å². The largest absolute Gasteiger partial charge is 0.378 e. The molecule has 2 N–H and O–H groups in total. The SMILES string of the molecule is N#Cc1ccc(C2(c3nc4c(c(=O)[nH]3)CN(C(=O)[C@H](O)c3cccc(Cl)c3)CC4)CC2)cc1. The van der Waals surface area contributed by atoms with E-state index in [4.69, 9.17) is 21.8 Å². The van der Waals surface area contributed by atoms with Gasteiger partial charge in [0.05, 0.1) is 34.8 Å². The number of benzene rings is 2. The lowest BCUT2D eigenvalue weighted by molar-refractivity contribution is -0.141. The number of nitrogens with zero attached hydrogens (tertiary/aromatic N) is 3. The minimum Gasteiger partial charge on any atom is -0.378 e. The zero-order valence-corrected chi connectivity index (χ0v) is 18.5. The minimum absolute atomic E-state index is 0.0955. The fraction of sp³-hybridized carbons (Fsp3) is 0.280. The Bertz CT molecular complexity index is 1340. The number of hydrogen-bond donors (Lipinski definition) is 2. The van der Waals surface area contributed by atoms with Crippen LogP contribution in [0.15, 0.2) is 53.3 Å². The van der Waals surface area contributed by atoms with Crippen LogP contribution in [0, 0.1) is 11.3 Å². The molecule has 0 saturated heterocycles. The molecule has 1 saturated carbocycles. The van der Waals surface area contributed by atoms with Crippen molar-refractivity contribution in [1.82, 2.24) is 14.9 Å². The van der Waals surface area contributed by atoms with Crippen LogP contribution in [-0.4, -0.2) is 32.4 Å². The second-order valence-electron chi connectivity index (χ2n) is 8.58. The van der Waals surface area contributed by atoms with E-state index in [2.05, 4.69) is 11.1 Å². The van der Waals surface area contributed by atoms with Gasteiger partial charge < -0.3 is 15.0 Å². The summed E-state index contributed by atoms with van der Waals surface area (Å²) >= 11 is 5.98. The van der Waals surface area contributed by atoms with Gasteiger partial charge >= 0.3 is 0 Å². The Hall–Kier alpha value is -3.47. The maximum Gasteiger partial charge on any atom is 0.256 e. The topological polar surface area (TPSA) is 110 Å². The molecule has 1 aliphatic heterocycles. The van der Waals surface area contributed by atoms with E-state index in [1.165, 1.54) is 4.90 Å². The zero-order valence-electron chi connectivity index (χ0n) is 17.7. The number of aromatic amines is 1. The molecular weight excluding hydrogens is 440 g/mol. The summed E-state index contributed by atoms with van der Waals surface area (Å²) in [5, 5.41) is 20.0. The van der Waals surface area contributed by atoms with Crippen LogP contribution in [0.2, 0.25) is 5.02 Å². The van der Waals surface area contributed by atoms with E-state index < -0.39 is 12.0 Å². The number of carbonyl (C=O) groups is 1. The molecule has 1 atom stereocenters. The highest BCUT2D eigenvalue weighted by atomic mass is 35.5. The van der Waals surface area contributed by atoms with Gasteiger partial charge in [0.15, 0.2) is 6.10 Å². The number of hydrogen-bond acceptors (Lipinski definition) is 5. The molecule has 0 radical (unpaired) electrons. The highest BCUT2D eigenvalue weighted by molar-refractivity contribution is 6.30. The van der Waals surface area contributed by atoms with Crippen molar-refractivity contribution in [2.45, 2.75) is 37.3 Å². The van der Waals surface area contributed by atoms with E-state index in [9.17, 15) is 14.7 Å². The van der Waals surface area contributed by atoms with E-state index in [1.54, 1.807) is 36.4 Å². The molecule has 1 aliphatic carbocycles. The Morgan fingerprint density at radius 2 is 2.00 bits per heavy atom. The molecule has 166 valence electrons. The van der Waals surface area contributed by atoms with Gasteiger partial charge in [0.2, 0.25) is 0 Å². The Morgan fingerprint density at radius 3 is 2.67 bits per heavy atom. The van der Waals surface area contributed by atoms with Crippen molar-refractivity contribution in [3.8, 4) is 6.07 Å². The standard InChI is InChI=1S/C25H21ClN4O3/c26-18-3-1-2-16(12-18)21(31)23(33)30-11-8-20-19(14-30)22(32)29-24(28-20)25(9-10-25)17-6-4-15(13-27)5-7-17/h1-7,12,21,31H,8-11,14H2,(H,28,29,32)/t21-/m1/s1. The zero-order chi connectivity index (χ0) is 23.2. The van der Waals surface area contributed by atoms with Crippen molar-refractivity contribution in [2.75, 3.05) is 6.54 Å². The van der Waals surface area contributed by atoms with Gasteiger partial charge in [-0.25, -0.2) is 4.98 Å². The third-order valence-electron chi connectivity index (χ3n) is 6.55. The Kier molecular flexibility index (Phi) is 5.28. The van der Waals surface area contributed by atoms with Crippen molar-refractivity contribution < 1.29 is 9.90 Å². The van der Waals surface area contributed by atoms with Crippen LogP contribution in [0.5, 0.6) is 0 Å². The number of aromatic nitrogens is 2. The van der Waals surface area contributed by atoms with Crippen molar-refractivity contribution in [2.24, 2.45) is 0 Å². The lowest BCUT2D eigenvalue weighted by Gasteiger charge is -2.30. The van der Waals surface area contributed by atoms with Crippen LogP contribution in [-0.2, 0) is 23.2 Å². The number of carbonyl (C=O) groups excluding carboxylic acids is 1. The molecule has 0 spiro atoms. The van der Waals surface area contributed by atoms with Crippen LogP contribution < -0.4 is 5.56 Å². The van der Waals surface area contributed by atoms with Gasteiger partial charge in [0.1, 0.15) is 5.82 Å². The number of rotatable bonds is 4. The first-order chi connectivity index (χ1) is 15.9. The van der Waals surface area contributed by atoms with Crippen molar-refractivity contribution in [3.05, 3.63) is 97.7 Å². The van der Waals surface area contributed by atoms with Gasteiger partial charge in [0, 0.05) is 18.0 Å². The number of halogens is 1. The minimum atomic E-state index is -1.34. The molecular formula is C25H21ClN4O3. The predicted octanol–water partition coefficient (Wildman–Crippen LogP) is 2.99. The summed E-state index contributed by atoms with van der Waals surface area (Å²) in [5.41, 5.74) is 2.58. The Labute approximate surface area is 195 Å². The maximum atomic E-state index is 13.0. The molecule has 0 unspecified atom stereocenters. The normalized spacial score (nSPS) is 17.1. The van der Waals surface area contributed by atoms with Gasteiger partial charge in [0.25, 0.3) is 11.5 Å². The molecule has 1 fully saturated rings. The highest BCUT2D eigenvalue weighted by Crippen LogP contribution is 2.52. The number of aliphatic hydroxyl groups excluding tert-OH is 1. The second-order valence-corrected chi connectivity index (χ2v) is 9.01. The molecule has 2 aliphatic rings. The molecule has 2 aromatic carbocycles. The number of H-pyrrole nitrogens is 1. The smallest absolute Gasteiger partial charge is 0.256 e. The van der Waals surface area contributed by atoms with Gasteiger partial charge in [-0.2, -0.15) is 5.26 Å². The first kappa shape index (κ1) is 21.4. The lowest BCUT2D eigenvalue weighted by atomic mass is 9.93. The number of amides is 1. The van der Waals surface area contributed by atoms with Crippen LogP contribution in [0.3, 0.4) is 0 Å². The highest BCUT2D eigenvalue weighted by Gasteiger charge is 2.48. The molecule has 1 aromatic heterocycles. The summed E-state index contributed by atoms with van der Waals surface area (Å²) in [5.74, 6) is 0.164. The molecule has 1 amide bonds. The number of fused-ring (bicyclic) bond motifs is 1. The van der Waals surface area contributed by atoms with Gasteiger partial charge in [-0.15, -0.1) is 0 Å². The van der Waals surface area contributed by atoms with Crippen molar-refractivity contribution in [1.29, 1.82) is 5.26 Å². The van der Waals surface area contributed by atoms with Crippen LogP contribution in [0.1, 0.15) is 52.7 Å². The molecule has 0 bridgehead atoms. The first-order valence-corrected chi connectivity index (χ1v) is 11.1. The average molecular weight is 461 g/mol. The number of nitriles is 1. The fourth-order valence-electron chi connectivity index (χ4n) is 4.48. The second kappa shape index (κ2) is 8.14. The van der Waals surface area contributed by atoms with Gasteiger partial charge in [-0.3, -0.25) is 9.59 Å². The number of nitrogens with one attached hydrogen (secondary N) is 1. The quantitative estimate of drug-likeness (QED) is 0.622. The first-order valence-electron chi connectivity index (χ1n) is 10.8. The predicted molar refractivity (Wildman–Crippen MR) is 122 cm³/mol. The molecule has 5 rings (SSSR count). The Morgan fingerprint density at radius 1 is 1.24 bits per heavy atom. The third-order valence-corrected chi connectivity index (χ3v) is 6.78. The molecule has 8 heteroatoms. The van der Waals surface area contributed by atoms with E-state index in [1.807, 2.05) is 12.1 Å². The molecule has 2 heterocycles. The average Bonchev–Trinajstić information content (AvgIpc) is 3.65. The summed E-state index contributed by atoms with van der Waals surface area (Å²) in [6.07, 6.45) is 0.834. The summed E-state index contributed by atoms with van der Waals surface area (Å²) in [4.78, 5) is 35.1.